The molecule has 1 heterocycles. The van der Waals surface area contributed by atoms with E-state index < -0.39 is 0 Å². The molecule has 0 aromatic heterocycles. The second kappa shape index (κ2) is 12.5. The van der Waals surface area contributed by atoms with Crippen LogP contribution >= 0.6 is 0 Å². The SMILES string of the molecule is CCC1Cc2c(C)c(O)c(C)c(C)c2O[C@@]1(C)CCC[C@H](C)CCC[C@@H](C)CCCC(C)C. The van der Waals surface area contributed by atoms with E-state index in [0.29, 0.717) is 11.7 Å². The minimum atomic E-state index is -0.104. The lowest BCUT2D eigenvalue weighted by Gasteiger charge is -2.44. The van der Waals surface area contributed by atoms with Crippen molar-refractivity contribution in [1.29, 1.82) is 0 Å². The van der Waals surface area contributed by atoms with E-state index in [1.807, 2.05) is 13.8 Å². The molecule has 190 valence electrons. The van der Waals surface area contributed by atoms with Gasteiger partial charge in [0.25, 0.3) is 0 Å². The second-order valence-corrected chi connectivity index (χ2v) is 12.1. The molecule has 1 aliphatic rings. The first-order valence-corrected chi connectivity index (χ1v) is 14.0. The summed E-state index contributed by atoms with van der Waals surface area (Å²) in [7, 11) is 0. The van der Waals surface area contributed by atoms with E-state index in [-0.39, 0.29) is 5.60 Å². The zero-order valence-electron chi connectivity index (χ0n) is 23.4. The van der Waals surface area contributed by atoms with Crippen LogP contribution in [0.1, 0.15) is 128 Å². The predicted octanol–water partition coefficient (Wildman–Crippen LogP) is 9.48. The predicted molar refractivity (Wildman–Crippen MR) is 144 cm³/mol. The zero-order valence-corrected chi connectivity index (χ0v) is 23.4. The van der Waals surface area contributed by atoms with Gasteiger partial charge >= 0.3 is 0 Å². The monoisotopic (exact) mass is 458 g/mol. The van der Waals surface area contributed by atoms with Gasteiger partial charge in [0.1, 0.15) is 17.1 Å². The van der Waals surface area contributed by atoms with E-state index in [1.54, 1.807) is 0 Å². The molecule has 1 unspecified atom stereocenters. The highest BCUT2D eigenvalue weighted by Gasteiger charge is 2.41. The number of aromatic hydroxyl groups is 1. The van der Waals surface area contributed by atoms with Crippen LogP contribution in [-0.2, 0) is 6.42 Å². The van der Waals surface area contributed by atoms with Gasteiger partial charge in [-0.05, 0) is 87.8 Å². The molecular weight excluding hydrogens is 404 g/mol. The molecule has 1 N–H and O–H groups in total. The van der Waals surface area contributed by atoms with Gasteiger partial charge < -0.3 is 9.84 Å². The van der Waals surface area contributed by atoms with Crippen LogP contribution in [0.2, 0.25) is 0 Å². The summed E-state index contributed by atoms with van der Waals surface area (Å²) in [5.41, 5.74) is 4.23. The van der Waals surface area contributed by atoms with Gasteiger partial charge in [-0.25, -0.2) is 0 Å². The molecule has 0 saturated heterocycles. The van der Waals surface area contributed by atoms with Gasteiger partial charge in [-0.2, -0.15) is 0 Å². The van der Waals surface area contributed by atoms with Crippen molar-refractivity contribution in [2.45, 2.75) is 139 Å². The molecule has 0 saturated carbocycles. The molecule has 0 radical (unpaired) electrons. The summed E-state index contributed by atoms with van der Waals surface area (Å²) in [5.74, 6) is 4.54. The summed E-state index contributed by atoms with van der Waals surface area (Å²) in [6, 6.07) is 0. The molecule has 1 aliphatic heterocycles. The fourth-order valence-corrected chi connectivity index (χ4v) is 5.94. The van der Waals surface area contributed by atoms with Crippen LogP contribution in [0, 0.1) is 44.4 Å². The van der Waals surface area contributed by atoms with Gasteiger partial charge in [-0.15, -0.1) is 0 Å². The highest BCUT2D eigenvalue weighted by molar-refractivity contribution is 5.58. The van der Waals surface area contributed by atoms with Gasteiger partial charge in [-0.3, -0.25) is 0 Å². The first-order valence-electron chi connectivity index (χ1n) is 14.0. The van der Waals surface area contributed by atoms with Crippen molar-refractivity contribution in [3.8, 4) is 11.5 Å². The van der Waals surface area contributed by atoms with E-state index in [0.717, 1.165) is 59.5 Å². The summed E-state index contributed by atoms with van der Waals surface area (Å²) in [5, 5.41) is 10.5. The second-order valence-electron chi connectivity index (χ2n) is 12.1. The summed E-state index contributed by atoms with van der Waals surface area (Å²) < 4.78 is 6.81. The number of hydrogen-bond donors (Lipinski definition) is 1. The third-order valence-electron chi connectivity index (χ3n) is 8.72. The highest BCUT2D eigenvalue weighted by atomic mass is 16.5. The van der Waals surface area contributed by atoms with Crippen molar-refractivity contribution < 1.29 is 9.84 Å². The molecule has 2 heteroatoms. The lowest BCUT2D eigenvalue weighted by Crippen LogP contribution is -2.45. The summed E-state index contributed by atoms with van der Waals surface area (Å²) in [4.78, 5) is 0. The van der Waals surface area contributed by atoms with Crippen LogP contribution in [-0.4, -0.2) is 10.7 Å². The Morgan fingerprint density at radius 3 is 1.94 bits per heavy atom. The maximum atomic E-state index is 10.5. The van der Waals surface area contributed by atoms with Crippen LogP contribution in [0.15, 0.2) is 0 Å². The number of fused-ring (bicyclic) bond motifs is 1. The molecule has 4 atom stereocenters. The Balaban J connectivity index is 1.85. The fourth-order valence-electron chi connectivity index (χ4n) is 5.94. The molecule has 0 aliphatic carbocycles. The summed E-state index contributed by atoms with van der Waals surface area (Å²) >= 11 is 0. The number of phenols is 1. The number of hydrogen-bond acceptors (Lipinski definition) is 2. The van der Waals surface area contributed by atoms with Gasteiger partial charge in [0.2, 0.25) is 0 Å². The molecule has 33 heavy (non-hydrogen) atoms. The third kappa shape index (κ3) is 7.40. The van der Waals surface area contributed by atoms with Crippen molar-refractivity contribution >= 4 is 0 Å². The van der Waals surface area contributed by atoms with Crippen LogP contribution in [0.4, 0.5) is 0 Å². The number of phenolic OH excluding ortho intramolecular Hbond substituents is 1. The zero-order chi connectivity index (χ0) is 24.8. The van der Waals surface area contributed by atoms with Crippen LogP contribution in [0.5, 0.6) is 11.5 Å². The van der Waals surface area contributed by atoms with E-state index >= 15 is 0 Å². The van der Waals surface area contributed by atoms with E-state index in [4.69, 9.17) is 4.74 Å². The van der Waals surface area contributed by atoms with Crippen molar-refractivity contribution in [3.63, 3.8) is 0 Å². The largest absolute Gasteiger partial charge is 0.507 e. The first-order chi connectivity index (χ1) is 15.5. The van der Waals surface area contributed by atoms with Crippen LogP contribution < -0.4 is 4.74 Å². The van der Waals surface area contributed by atoms with E-state index in [1.165, 1.54) is 56.9 Å². The molecule has 2 nitrogen and oxygen atoms in total. The van der Waals surface area contributed by atoms with E-state index in [9.17, 15) is 5.11 Å². The number of ether oxygens (including phenoxy) is 1. The van der Waals surface area contributed by atoms with E-state index in [2.05, 4.69) is 48.5 Å². The fraction of sp³-hybridized carbons (Fsp3) is 0.806. The Morgan fingerprint density at radius 2 is 1.39 bits per heavy atom. The van der Waals surface area contributed by atoms with Crippen molar-refractivity contribution in [3.05, 3.63) is 22.3 Å². The van der Waals surface area contributed by atoms with Crippen molar-refractivity contribution in [2.24, 2.45) is 23.7 Å². The normalized spacial score (nSPS) is 22.2. The smallest absolute Gasteiger partial charge is 0.127 e. The first kappa shape index (κ1) is 28.1. The molecule has 0 bridgehead atoms. The average molecular weight is 459 g/mol. The summed E-state index contributed by atoms with van der Waals surface area (Å²) in [6.07, 6.45) is 14.1. The maximum Gasteiger partial charge on any atom is 0.127 e. The lowest BCUT2D eigenvalue weighted by molar-refractivity contribution is -0.00387. The van der Waals surface area contributed by atoms with Crippen molar-refractivity contribution in [2.75, 3.05) is 0 Å². The molecule has 1 aromatic carbocycles. The molecular formula is C31H54O2. The molecule has 0 spiro atoms. The van der Waals surface area contributed by atoms with Crippen LogP contribution in [0.25, 0.3) is 0 Å². The van der Waals surface area contributed by atoms with Gasteiger partial charge in [-0.1, -0.05) is 79.6 Å². The molecule has 2 rings (SSSR count). The Kier molecular flexibility index (Phi) is 10.6. The molecule has 0 amide bonds. The lowest BCUT2D eigenvalue weighted by atomic mass is 9.75. The third-order valence-corrected chi connectivity index (χ3v) is 8.72. The standard InChI is InChI=1S/C31H54O2/c1-10-27-20-28-26(8)29(32)24(6)25(7)30(28)33-31(27,9)19-13-18-23(5)17-12-16-22(4)15-11-14-21(2)3/h21-23,27,32H,10-20H2,1-9H3/t22-,23+,27?,31-/m0/s1. The minimum absolute atomic E-state index is 0.104. The maximum absolute atomic E-state index is 10.5. The number of benzene rings is 1. The van der Waals surface area contributed by atoms with Gasteiger partial charge in [0.15, 0.2) is 0 Å². The quantitative estimate of drug-likeness (QED) is 0.319. The van der Waals surface area contributed by atoms with Crippen molar-refractivity contribution in [1.82, 2.24) is 0 Å². The Bertz CT molecular complexity index is 750. The Hall–Kier alpha value is -1.18. The summed E-state index contributed by atoms with van der Waals surface area (Å²) in [6.45, 7) is 20.3. The Morgan fingerprint density at radius 1 is 0.848 bits per heavy atom. The van der Waals surface area contributed by atoms with Gasteiger partial charge in [0, 0.05) is 11.5 Å². The molecule has 0 fully saturated rings. The highest BCUT2D eigenvalue weighted by Crippen LogP contribution is 2.47. The van der Waals surface area contributed by atoms with Crippen LogP contribution in [0.3, 0.4) is 0 Å². The minimum Gasteiger partial charge on any atom is -0.507 e. The topological polar surface area (TPSA) is 29.5 Å². The average Bonchev–Trinajstić information content (AvgIpc) is 2.75. The Labute approximate surface area is 205 Å². The number of rotatable bonds is 13. The molecule has 1 aromatic rings. The van der Waals surface area contributed by atoms with Gasteiger partial charge in [0.05, 0.1) is 0 Å².